The molecule has 0 unspecified atom stereocenters. The van der Waals surface area contributed by atoms with Gasteiger partial charge in [0, 0.05) is 12.1 Å². The molecular formula is C9H12LiNO. The molecule has 0 aliphatic carbocycles. The second-order valence-corrected chi connectivity index (χ2v) is 2.27. The first kappa shape index (κ1) is 11.3. The maximum atomic E-state index is 10.9. The molecule has 0 fully saturated rings. The van der Waals surface area contributed by atoms with Crippen LogP contribution in [0.5, 0.6) is 0 Å². The van der Waals surface area contributed by atoms with Crippen molar-refractivity contribution >= 4 is 30.5 Å². The van der Waals surface area contributed by atoms with Crippen LogP contribution in [0.4, 0.5) is 5.69 Å². The number of nitrogens with one attached hydrogen (secondary N) is 1. The third-order valence-corrected chi connectivity index (χ3v) is 1.38. The molecule has 1 N–H and O–H groups in total. The zero-order valence-corrected chi connectivity index (χ0v) is 6.50. The summed E-state index contributed by atoms with van der Waals surface area (Å²) in [5.41, 5.74) is 0.861. The van der Waals surface area contributed by atoms with Crippen molar-refractivity contribution in [3.8, 4) is 0 Å². The van der Waals surface area contributed by atoms with E-state index < -0.39 is 0 Å². The van der Waals surface area contributed by atoms with Crippen LogP contribution in [0, 0.1) is 0 Å². The number of amides is 1. The standard InChI is InChI=1S/C9H11NO.Li.H/c1-2-9(11)10-8-6-4-3-5-7-8;;/h3-7H,2H2,1H3,(H,10,11);;. The van der Waals surface area contributed by atoms with Gasteiger partial charge in [-0.1, -0.05) is 25.1 Å². The zero-order valence-electron chi connectivity index (χ0n) is 6.50. The third kappa shape index (κ3) is 3.61. The van der Waals surface area contributed by atoms with Gasteiger partial charge in [-0.2, -0.15) is 0 Å². The minimum atomic E-state index is 0. The number of rotatable bonds is 2. The van der Waals surface area contributed by atoms with E-state index in [0.717, 1.165) is 5.69 Å². The summed E-state index contributed by atoms with van der Waals surface area (Å²) in [5, 5.41) is 2.75. The van der Waals surface area contributed by atoms with E-state index in [-0.39, 0.29) is 24.8 Å². The molecule has 0 heterocycles. The van der Waals surface area contributed by atoms with Crippen molar-refractivity contribution in [2.45, 2.75) is 13.3 Å². The summed E-state index contributed by atoms with van der Waals surface area (Å²) in [5.74, 6) is 0.0520. The van der Waals surface area contributed by atoms with E-state index in [9.17, 15) is 4.79 Å². The topological polar surface area (TPSA) is 29.1 Å². The summed E-state index contributed by atoms with van der Waals surface area (Å²) in [4.78, 5) is 10.9. The van der Waals surface area contributed by atoms with Crippen LogP contribution in [0.2, 0.25) is 0 Å². The first-order chi connectivity index (χ1) is 5.33. The van der Waals surface area contributed by atoms with Crippen LogP contribution in [-0.2, 0) is 4.79 Å². The average molecular weight is 157 g/mol. The van der Waals surface area contributed by atoms with E-state index in [4.69, 9.17) is 0 Å². The molecule has 2 nitrogen and oxygen atoms in total. The minimum absolute atomic E-state index is 0. The van der Waals surface area contributed by atoms with Gasteiger partial charge in [0.2, 0.25) is 5.91 Å². The number of benzene rings is 1. The van der Waals surface area contributed by atoms with Gasteiger partial charge in [-0.05, 0) is 12.1 Å². The first-order valence-corrected chi connectivity index (χ1v) is 3.68. The Kier molecular flexibility index (Phi) is 5.53. The van der Waals surface area contributed by atoms with Gasteiger partial charge in [0.1, 0.15) is 0 Å². The van der Waals surface area contributed by atoms with E-state index in [0.29, 0.717) is 6.42 Å². The molecule has 0 radical (unpaired) electrons. The Morgan fingerprint density at radius 1 is 1.33 bits per heavy atom. The van der Waals surface area contributed by atoms with E-state index in [1.165, 1.54) is 0 Å². The predicted octanol–water partition coefficient (Wildman–Crippen LogP) is 1.39. The Balaban J connectivity index is 0.00000121. The van der Waals surface area contributed by atoms with Crippen molar-refractivity contribution in [1.82, 2.24) is 0 Å². The predicted molar refractivity (Wildman–Crippen MR) is 52.5 cm³/mol. The third-order valence-electron chi connectivity index (χ3n) is 1.38. The number of carbonyl (C=O) groups excluding carboxylic acids is 1. The summed E-state index contributed by atoms with van der Waals surface area (Å²) in [6.07, 6.45) is 0.523. The van der Waals surface area contributed by atoms with Crippen LogP contribution in [0.15, 0.2) is 30.3 Å². The van der Waals surface area contributed by atoms with Crippen LogP contribution in [0.1, 0.15) is 13.3 Å². The van der Waals surface area contributed by atoms with Crippen molar-refractivity contribution < 1.29 is 4.79 Å². The summed E-state index contributed by atoms with van der Waals surface area (Å²) >= 11 is 0. The normalized spacial score (nSPS) is 8.42. The molecule has 0 bridgehead atoms. The van der Waals surface area contributed by atoms with Crippen molar-refractivity contribution in [3.05, 3.63) is 30.3 Å². The van der Waals surface area contributed by atoms with Crippen LogP contribution in [-0.4, -0.2) is 24.8 Å². The molecule has 12 heavy (non-hydrogen) atoms. The van der Waals surface area contributed by atoms with E-state index in [2.05, 4.69) is 5.32 Å². The van der Waals surface area contributed by atoms with E-state index in [1.54, 1.807) is 0 Å². The summed E-state index contributed by atoms with van der Waals surface area (Å²) in [7, 11) is 0. The molecule has 60 valence electrons. The molecule has 0 aliphatic rings. The number of hydrogen-bond donors (Lipinski definition) is 1. The molecule has 0 aliphatic heterocycles. The van der Waals surface area contributed by atoms with Gasteiger partial charge in [0.15, 0.2) is 0 Å². The maximum absolute atomic E-state index is 10.9. The second-order valence-electron chi connectivity index (χ2n) is 2.27. The zero-order chi connectivity index (χ0) is 8.10. The fraction of sp³-hybridized carbons (Fsp3) is 0.222. The summed E-state index contributed by atoms with van der Waals surface area (Å²) in [6.45, 7) is 1.83. The molecule has 0 saturated heterocycles. The molecule has 0 spiro atoms. The fourth-order valence-corrected chi connectivity index (χ4v) is 0.771. The van der Waals surface area contributed by atoms with Gasteiger partial charge in [0.25, 0.3) is 0 Å². The van der Waals surface area contributed by atoms with Gasteiger partial charge in [-0.25, -0.2) is 0 Å². The Hall–Kier alpha value is -0.713. The van der Waals surface area contributed by atoms with Crippen LogP contribution in [0.25, 0.3) is 0 Å². The Bertz CT molecular complexity index is 236. The molecule has 0 saturated carbocycles. The fourth-order valence-electron chi connectivity index (χ4n) is 0.771. The SMILES string of the molecule is CCC(=O)Nc1ccccc1.[LiH]. The number of carbonyl (C=O) groups is 1. The number of anilines is 1. The van der Waals surface area contributed by atoms with Gasteiger partial charge in [-0.3, -0.25) is 4.79 Å². The molecule has 1 aromatic rings. The van der Waals surface area contributed by atoms with Gasteiger partial charge in [-0.15, -0.1) is 0 Å². The molecular weight excluding hydrogens is 145 g/mol. The van der Waals surface area contributed by atoms with E-state index >= 15 is 0 Å². The number of para-hydroxylation sites is 1. The van der Waals surface area contributed by atoms with Crippen molar-refractivity contribution in [2.24, 2.45) is 0 Å². The Morgan fingerprint density at radius 2 is 1.92 bits per heavy atom. The summed E-state index contributed by atoms with van der Waals surface area (Å²) < 4.78 is 0. The molecule has 0 atom stereocenters. The molecule has 1 amide bonds. The van der Waals surface area contributed by atoms with E-state index in [1.807, 2.05) is 37.3 Å². The van der Waals surface area contributed by atoms with Crippen LogP contribution < -0.4 is 5.32 Å². The van der Waals surface area contributed by atoms with Crippen LogP contribution >= 0.6 is 0 Å². The Morgan fingerprint density at radius 3 is 2.42 bits per heavy atom. The first-order valence-electron chi connectivity index (χ1n) is 3.68. The van der Waals surface area contributed by atoms with Crippen molar-refractivity contribution in [3.63, 3.8) is 0 Å². The molecule has 3 heteroatoms. The monoisotopic (exact) mass is 157 g/mol. The quantitative estimate of drug-likeness (QED) is 0.645. The second kappa shape index (κ2) is 5.88. The van der Waals surface area contributed by atoms with Gasteiger partial charge >= 0.3 is 18.9 Å². The molecule has 1 aromatic carbocycles. The molecule has 1 rings (SSSR count). The van der Waals surface area contributed by atoms with Gasteiger partial charge < -0.3 is 5.32 Å². The Labute approximate surface area is 84.5 Å². The van der Waals surface area contributed by atoms with Crippen LogP contribution in [0.3, 0.4) is 0 Å². The van der Waals surface area contributed by atoms with Crippen molar-refractivity contribution in [1.29, 1.82) is 0 Å². The average Bonchev–Trinajstić information content (AvgIpc) is 2.06. The van der Waals surface area contributed by atoms with Gasteiger partial charge in [0.05, 0.1) is 0 Å². The summed E-state index contributed by atoms with van der Waals surface area (Å²) in [6, 6.07) is 9.44. The molecule has 0 aromatic heterocycles. The van der Waals surface area contributed by atoms with Crippen molar-refractivity contribution in [2.75, 3.05) is 5.32 Å². The number of hydrogen-bond acceptors (Lipinski definition) is 1.